The van der Waals surface area contributed by atoms with E-state index < -0.39 is 0 Å². The van der Waals surface area contributed by atoms with Crippen molar-refractivity contribution in [3.05, 3.63) is 35.2 Å². The zero-order valence-electron chi connectivity index (χ0n) is 14.5. The summed E-state index contributed by atoms with van der Waals surface area (Å²) in [6.45, 7) is 8.01. The number of hydrogen-bond acceptors (Lipinski definition) is 4. The third-order valence-electron chi connectivity index (χ3n) is 5.43. The summed E-state index contributed by atoms with van der Waals surface area (Å²) >= 11 is 0. The van der Waals surface area contributed by atoms with E-state index in [0.717, 1.165) is 47.5 Å². The first-order valence-corrected chi connectivity index (χ1v) is 8.90. The van der Waals surface area contributed by atoms with Gasteiger partial charge in [-0.25, -0.2) is 9.97 Å². The largest absolute Gasteiger partial charge is 0.337 e. The number of aromatic nitrogens is 2. The fourth-order valence-electron chi connectivity index (χ4n) is 3.88. The van der Waals surface area contributed by atoms with Gasteiger partial charge in [-0.15, -0.1) is 0 Å². The predicted octanol–water partition coefficient (Wildman–Crippen LogP) is 2.56. The van der Waals surface area contributed by atoms with E-state index in [0.29, 0.717) is 6.04 Å². The zero-order chi connectivity index (χ0) is 16.7. The molecule has 2 aromatic rings. The summed E-state index contributed by atoms with van der Waals surface area (Å²) in [7, 11) is 0. The van der Waals surface area contributed by atoms with Crippen molar-refractivity contribution >= 4 is 16.9 Å². The minimum atomic E-state index is 0.124. The maximum absolute atomic E-state index is 12.9. The fourth-order valence-corrected chi connectivity index (χ4v) is 3.88. The number of nitrogens with zero attached hydrogens (tertiary/aromatic N) is 4. The molecule has 5 nitrogen and oxygen atoms in total. The molecule has 0 bridgehead atoms. The molecule has 0 N–H and O–H groups in total. The van der Waals surface area contributed by atoms with Crippen molar-refractivity contribution in [3.63, 3.8) is 0 Å². The summed E-state index contributed by atoms with van der Waals surface area (Å²) in [6, 6.07) is 6.23. The normalized spacial score (nSPS) is 21.8. The van der Waals surface area contributed by atoms with Gasteiger partial charge in [-0.1, -0.05) is 0 Å². The van der Waals surface area contributed by atoms with Crippen LogP contribution in [0.15, 0.2) is 18.2 Å². The lowest BCUT2D eigenvalue weighted by molar-refractivity contribution is 0.0780. The second-order valence-electron chi connectivity index (χ2n) is 7.03. The van der Waals surface area contributed by atoms with Gasteiger partial charge in [-0.3, -0.25) is 9.69 Å². The van der Waals surface area contributed by atoms with Crippen LogP contribution < -0.4 is 0 Å². The number of carbonyl (C=O) groups is 1. The quantitative estimate of drug-likeness (QED) is 0.852. The first-order valence-electron chi connectivity index (χ1n) is 8.90. The molecule has 4 rings (SSSR count). The van der Waals surface area contributed by atoms with Crippen LogP contribution in [0.3, 0.4) is 0 Å². The maximum Gasteiger partial charge on any atom is 0.253 e. The van der Waals surface area contributed by atoms with Gasteiger partial charge in [0.05, 0.1) is 22.4 Å². The van der Waals surface area contributed by atoms with Crippen molar-refractivity contribution in [2.45, 2.75) is 39.2 Å². The molecular formula is C19H24N4O. The standard InChI is InChI=1S/C19H24N4O/c1-13-14(2)21-18-11-15(5-6-17(18)20-13)19(24)23-10-7-16(12-23)22-8-3-4-9-22/h5-6,11,16H,3-4,7-10,12H2,1-2H3. The fraction of sp³-hybridized carbons (Fsp3) is 0.526. The van der Waals surface area contributed by atoms with Crippen molar-refractivity contribution in [3.8, 4) is 0 Å². The number of carbonyl (C=O) groups excluding carboxylic acids is 1. The summed E-state index contributed by atoms with van der Waals surface area (Å²) in [5.41, 5.74) is 4.24. The summed E-state index contributed by atoms with van der Waals surface area (Å²) in [4.78, 5) is 26.5. The predicted molar refractivity (Wildman–Crippen MR) is 94.1 cm³/mol. The Morgan fingerprint density at radius 2 is 1.75 bits per heavy atom. The van der Waals surface area contributed by atoms with Gasteiger partial charge < -0.3 is 4.90 Å². The first kappa shape index (κ1) is 15.5. The van der Waals surface area contributed by atoms with Gasteiger partial charge in [0.2, 0.25) is 0 Å². The smallest absolute Gasteiger partial charge is 0.253 e. The summed E-state index contributed by atoms with van der Waals surface area (Å²) in [6.07, 6.45) is 3.69. The Kier molecular flexibility index (Phi) is 3.96. The molecule has 0 aliphatic carbocycles. The highest BCUT2D eigenvalue weighted by atomic mass is 16.2. The lowest BCUT2D eigenvalue weighted by Crippen LogP contribution is -2.37. The molecule has 1 aromatic heterocycles. The molecule has 126 valence electrons. The van der Waals surface area contributed by atoms with Crippen LogP contribution >= 0.6 is 0 Å². The summed E-state index contributed by atoms with van der Waals surface area (Å²) < 4.78 is 0. The maximum atomic E-state index is 12.9. The van der Waals surface area contributed by atoms with E-state index in [-0.39, 0.29) is 5.91 Å². The molecule has 0 saturated carbocycles. The molecule has 1 unspecified atom stereocenters. The average Bonchev–Trinajstić information content (AvgIpc) is 3.26. The molecule has 5 heteroatoms. The van der Waals surface area contributed by atoms with Crippen LogP contribution in [-0.4, -0.2) is 57.9 Å². The number of hydrogen-bond donors (Lipinski definition) is 0. The third-order valence-corrected chi connectivity index (χ3v) is 5.43. The Hall–Kier alpha value is -2.01. The Morgan fingerprint density at radius 1 is 1.04 bits per heavy atom. The highest BCUT2D eigenvalue weighted by Gasteiger charge is 2.32. The lowest BCUT2D eigenvalue weighted by Gasteiger charge is -2.23. The highest BCUT2D eigenvalue weighted by Crippen LogP contribution is 2.23. The Balaban J connectivity index is 1.54. The minimum Gasteiger partial charge on any atom is -0.337 e. The molecule has 1 amide bonds. The molecule has 0 spiro atoms. The van der Waals surface area contributed by atoms with Crippen LogP contribution in [0.25, 0.3) is 11.0 Å². The molecule has 2 saturated heterocycles. The van der Waals surface area contributed by atoms with E-state index in [1.807, 2.05) is 36.9 Å². The van der Waals surface area contributed by atoms with Gasteiger partial charge in [0, 0.05) is 24.7 Å². The number of aryl methyl sites for hydroxylation is 2. The van der Waals surface area contributed by atoms with E-state index >= 15 is 0 Å². The number of amides is 1. The highest BCUT2D eigenvalue weighted by molar-refractivity contribution is 5.97. The van der Waals surface area contributed by atoms with Crippen LogP contribution in [-0.2, 0) is 0 Å². The van der Waals surface area contributed by atoms with Crippen molar-refractivity contribution in [1.82, 2.24) is 19.8 Å². The Morgan fingerprint density at radius 3 is 2.50 bits per heavy atom. The monoisotopic (exact) mass is 324 g/mol. The lowest BCUT2D eigenvalue weighted by atomic mass is 10.1. The minimum absolute atomic E-state index is 0.124. The molecule has 0 radical (unpaired) electrons. The summed E-state index contributed by atoms with van der Waals surface area (Å²) in [5, 5.41) is 0. The van der Waals surface area contributed by atoms with E-state index in [1.165, 1.54) is 25.9 Å². The van der Waals surface area contributed by atoms with Crippen molar-refractivity contribution in [1.29, 1.82) is 0 Å². The van der Waals surface area contributed by atoms with Crippen LogP contribution in [0.2, 0.25) is 0 Å². The van der Waals surface area contributed by atoms with Crippen molar-refractivity contribution < 1.29 is 4.79 Å². The molecule has 1 aromatic carbocycles. The van der Waals surface area contributed by atoms with Gasteiger partial charge in [-0.2, -0.15) is 0 Å². The Bertz CT molecular complexity index is 782. The topological polar surface area (TPSA) is 49.3 Å². The molecule has 3 heterocycles. The van der Waals surface area contributed by atoms with Gasteiger partial charge in [-0.05, 0) is 64.4 Å². The van der Waals surface area contributed by atoms with Crippen LogP contribution in [0, 0.1) is 13.8 Å². The van der Waals surface area contributed by atoms with Crippen LogP contribution in [0.1, 0.15) is 41.0 Å². The molecule has 1 atom stereocenters. The second kappa shape index (κ2) is 6.13. The van der Waals surface area contributed by atoms with Gasteiger partial charge in [0.1, 0.15) is 0 Å². The second-order valence-corrected chi connectivity index (χ2v) is 7.03. The van der Waals surface area contributed by atoms with E-state index in [1.54, 1.807) is 0 Å². The van der Waals surface area contributed by atoms with Crippen LogP contribution in [0.4, 0.5) is 0 Å². The van der Waals surface area contributed by atoms with E-state index in [9.17, 15) is 4.79 Å². The van der Waals surface area contributed by atoms with Gasteiger partial charge in [0.25, 0.3) is 5.91 Å². The molecule has 2 aliphatic heterocycles. The van der Waals surface area contributed by atoms with Gasteiger partial charge >= 0.3 is 0 Å². The molecular weight excluding hydrogens is 300 g/mol. The molecule has 24 heavy (non-hydrogen) atoms. The number of fused-ring (bicyclic) bond motifs is 1. The molecule has 2 fully saturated rings. The van der Waals surface area contributed by atoms with Crippen molar-refractivity contribution in [2.24, 2.45) is 0 Å². The van der Waals surface area contributed by atoms with Gasteiger partial charge in [0.15, 0.2) is 0 Å². The SMILES string of the molecule is Cc1nc2ccc(C(=O)N3CCC(N4CCCC4)C3)cc2nc1C. The first-order chi connectivity index (χ1) is 11.6. The van der Waals surface area contributed by atoms with Crippen LogP contribution in [0.5, 0.6) is 0 Å². The average molecular weight is 324 g/mol. The number of likely N-dealkylation sites (tertiary alicyclic amines) is 2. The number of rotatable bonds is 2. The van der Waals surface area contributed by atoms with Crippen molar-refractivity contribution in [2.75, 3.05) is 26.2 Å². The Labute approximate surface area is 142 Å². The molecule has 2 aliphatic rings. The third kappa shape index (κ3) is 2.77. The number of benzene rings is 1. The van der Waals surface area contributed by atoms with E-state index in [4.69, 9.17) is 0 Å². The summed E-state index contributed by atoms with van der Waals surface area (Å²) in [5.74, 6) is 0.124. The zero-order valence-corrected chi connectivity index (χ0v) is 14.5. The van der Waals surface area contributed by atoms with E-state index in [2.05, 4.69) is 14.9 Å².